The Balaban J connectivity index is 1.93. The molecule has 1 amide bonds. The van der Waals surface area contributed by atoms with Crippen molar-refractivity contribution < 1.29 is 9.18 Å². The number of hydrogen-bond acceptors (Lipinski definition) is 5. The molecule has 0 saturated carbocycles. The molecule has 0 atom stereocenters. The summed E-state index contributed by atoms with van der Waals surface area (Å²) in [4.78, 5) is 21.3. The van der Waals surface area contributed by atoms with Gasteiger partial charge in [0.25, 0.3) is 5.91 Å². The Morgan fingerprint density at radius 3 is 2.81 bits per heavy atom. The molecule has 0 fully saturated rings. The number of benzene rings is 1. The number of nitrogen functional groups attached to an aromatic ring is 1. The Morgan fingerprint density at radius 1 is 1.33 bits per heavy atom. The number of rotatable bonds is 2. The molecule has 3 N–H and O–H groups in total. The lowest BCUT2D eigenvalue weighted by Crippen LogP contribution is -2.12. The first-order chi connectivity index (χ1) is 10.1. The average Bonchev–Trinajstić information content (AvgIpc) is 2.81. The number of nitrogens with one attached hydrogen (secondary N) is 1. The number of aromatic nitrogens is 2. The van der Waals surface area contributed by atoms with E-state index in [9.17, 15) is 9.18 Å². The smallest absolute Gasteiger partial charge is 0.268 e. The van der Waals surface area contributed by atoms with E-state index in [1.165, 1.54) is 24.5 Å². The summed E-state index contributed by atoms with van der Waals surface area (Å²) < 4.78 is 13.8. The molecule has 8 heteroatoms. The molecular weight excluding hydrogens is 359 g/mol. The number of nitrogens with two attached hydrogens (primary N) is 1. The number of nitrogens with zero attached hydrogens (tertiary/aromatic N) is 2. The lowest BCUT2D eigenvalue weighted by atomic mass is 10.3. The molecule has 21 heavy (non-hydrogen) atoms. The molecule has 0 aliphatic rings. The first kappa shape index (κ1) is 13.9. The third kappa shape index (κ3) is 2.59. The summed E-state index contributed by atoms with van der Waals surface area (Å²) in [5.41, 5.74) is 7.03. The highest BCUT2D eigenvalue weighted by Crippen LogP contribution is 2.31. The van der Waals surface area contributed by atoms with Gasteiger partial charge in [0.2, 0.25) is 0 Å². The van der Waals surface area contributed by atoms with E-state index >= 15 is 0 Å². The quantitative estimate of drug-likeness (QED) is 0.727. The normalized spacial score (nSPS) is 10.8. The van der Waals surface area contributed by atoms with Crippen LogP contribution in [-0.2, 0) is 0 Å². The number of hydrogen-bond donors (Lipinski definition) is 2. The van der Waals surface area contributed by atoms with E-state index in [4.69, 9.17) is 5.73 Å². The molecule has 0 spiro atoms. The van der Waals surface area contributed by atoms with Gasteiger partial charge in [-0.25, -0.2) is 14.4 Å². The summed E-state index contributed by atoms with van der Waals surface area (Å²) in [5, 5.41) is 2.60. The second-order valence-electron chi connectivity index (χ2n) is 4.14. The Labute approximate surface area is 131 Å². The van der Waals surface area contributed by atoms with Crippen LogP contribution in [-0.4, -0.2) is 15.9 Å². The fourth-order valence-electron chi connectivity index (χ4n) is 1.77. The van der Waals surface area contributed by atoms with Crippen molar-refractivity contribution in [1.82, 2.24) is 9.97 Å². The molecule has 0 aliphatic carbocycles. The predicted octanol–water partition coefficient (Wildman–Crippen LogP) is 3.43. The largest absolute Gasteiger partial charge is 0.396 e. The zero-order valence-electron chi connectivity index (χ0n) is 10.4. The number of anilines is 2. The van der Waals surface area contributed by atoms with Gasteiger partial charge < -0.3 is 11.1 Å². The lowest BCUT2D eigenvalue weighted by molar-refractivity contribution is 0.103. The van der Waals surface area contributed by atoms with Crippen LogP contribution in [0.15, 0.2) is 35.1 Å². The van der Waals surface area contributed by atoms with Gasteiger partial charge in [0.15, 0.2) is 0 Å². The van der Waals surface area contributed by atoms with Crippen molar-refractivity contribution in [3.8, 4) is 0 Å². The molecule has 0 radical (unpaired) electrons. The Bertz CT molecular complexity index is 851. The maximum atomic E-state index is 13.4. The van der Waals surface area contributed by atoms with Crippen molar-refractivity contribution in [2.24, 2.45) is 0 Å². The molecule has 0 saturated heterocycles. The maximum absolute atomic E-state index is 13.4. The van der Waals surface area contributed by atoms with Gasteiger partial charge in [-0.15, -0.1) is 11.3 Å². The van der Waals surface area contributed by atoms with Gasteiger partial charge in [0, 0.05) is 18.1 Å². The van der Waals surface area contributed by atoms with Gasteiger partial charge in [-0.3, -0.25) is 4.79 Å². The minimum Gasteiger partial charge on any atom is -0.396 e. The minimum atomic E-state index is -0.458. The zero-order chi connectivity index (χ0) is 15.0. The Kier molecular flexibility index (Phi) is 3.56. The van der Waals surface area contributed by atoms with Crippen LogP contribution in [0.3, 0.4) is 0 Å². The first-order valence-electron chi connectivity index (χ1n) is 5.81. The summed E-state index contributed by atoms with van der Waals surface area (Å²) in [6.45, 7) is 0. The van der Waals surface area contributed by atoms with E-state index in [2.05, 4.69) is 31.2 Å². The molecule has 3 rings (SSSR count). The molecule has 5 nitrogen and oxygen atoms in total. The van der Waals surface area contributed by atoms with Crippen LogP contribution in [0, 0.1) is 5.82 Å². The van der Waals surface area contributed by atoms with Crippen LogP contribution in [0.25, 0.3) is 10.3 Å². The molecule has 2 aromatic heterocycles. The number of halogens is 2. The lowest BCUT2D eigenvalue weighted by Gasteiger charge is -2.05. The molecule has 0 unspecified atom stereocenters. The first-order valence-corrected chi connectivity index (χ1v) is 7.42. The highest BCUT2D eigenvalue weighted by Gasteiger charge is 2.18. The molecule has 1 aromatic carbocycles. The third-order valence-corrected chi connectivity index (χ3v) is 4.49. The summed E-state index contributed by atoms with van der Waals surface area (Å²) in [5.74, 6) is -0.875. The van der Waals surface area contributed by atoms with E-state index in [0.29, 0.717) is 25.4 Å². The van der Waals surface area contributed by atoms with Crippen molar-refractivity contribution in [2.45, 2.75) is 0 Å². The van der Waals surface area contributed by atoms with Crippen LogP contribution in [0.5, 0.6) is 0 Å². The Hall–Kier alpha value is -2.06. The minimum absolute atomic E-state index is 0.276. The van der Waals surface area contributed by atoms with Crippen LogP contribution in [0.1, 0.15) is 9.67 Å². The number of amides is 1. The Morgan fingerprint density at radius 2 is 2.10 bits per heavy atom. The summed E-state index contributed by atoms with van der Waals surface area (Å²) in [6.07, 6.45) is 3.04. The predicted molar refractivity (Wildman–Crippen MR) is 83.9 cm³/mol. The van der Waals surface area contributed by atoms with Gasteiger partial charge in [0.1, 0.15) is 21.0 Å². The van der Waals surface area contributed by atoms with E-state index < -0.39 is 11.7 Å². The van der Waals surface area contributed by atoms with E-state index in [-0.39, 0.29) is 5.69 Å². The van der Waals surface area contributed by atoms with Crippen LogP contribution < -0.4 is 11.1 Å². The highest BCUT2D eigenvalue weighted by molar-refractivity contribution is 9.10. The van der Waals surface area contributed by atoms with Gasteiger partial charge >= 0.3 is 0 Å². The van der Waals surface area contributed by atoms with Crippen molar-refractivity contribution in [3.05, 3.63) is 45.8 Å². The fourth-order valence-corrected chi connectivity index (χ4v) is 2.94. The van der Waals surface area contributed by atoms with Crippen LogP contribution in [0.4, 0.5) is 15.8 Å². The van der Waals surface area contributed by atoms with Crippen molar-refractivity contribution >= 4 is 54.9 Å². The van der Waals surface area contributed by atoms with Gasteiger partial charge in [0.05, 0.1) is 10.2 Å². The SMILES string of the molecule is Nc1c(C(=O)Nc2ccc(Br)c(F)c2)sc2nccnc12. The molecule has 106 valence electrons. The van der Waals surface area contributed by atoms with Crippen molar-refractivity contribution in [3.63, 3.8) is 0 Å². The van der Waals surface area contributed by atoms with Gasteiger partial charge in [-0.1, -0.05) is 0 Å². The zero-order valence-corrected chi connectivity index (χ0v) is 12.8. The second-order valence-corrected chi connectivity index (χ2v) is 5.99. The molecule has 0 bridgehead atoms. The molecular formula is C13H8BrFN4OS. The number of carbonyl (C=O) groups is 1. The fraction of sp³-hybridized carbons (Fsp3) is 0. The third-order valence-electron chi connectivity index (χ3n) is 2.75. The van der Waals surface area contributed by atoms with E-state index in [1.54, 1.807) is 6.07 Å². The van der Waals surface area contributed by atoms with Crippen molar-refractivity contribution in [1.29, 1.82) is 0 Å². The van der Waals surface area contributed by atoms with E-state index in [1.807, 2.05) is 0 Å². The average molecular weight is 367 g/mol. The molecule has 2 heterocycles. The maximum Gasteiger partial charge on any atom is 0.268 e. The van der Waals surface area contributed by atoms with Crippen molar-refractivity contribution in [2.75, 3.05) is 11.1 Å². The molecule has 0 aliphatic heterocycles. The van der Waals surface area contributed by atoms with Gasteiger partial charge in [-0.05, 0) is 34.1 Å². The van der Waals surface area contributed by atoms with E-state index in [0.717, 1.165) is 11.3 Å². The standard InChI is InChI=1S/C13H8BrFN4OS/c14-7-2-1-6(5-8(7)15)19-12(20)11-9(16)10-13(21-11)18-4-3-17-10/h1-5H,16H2,(H,19,20). The number of thiophene rings is 1. The summed E-state index contributed by atoms with van der Waals surface area (Å²) in [7, 11) is 0. The number of fused-ring (bicyclic) bond motifs is 1. The summed E-state index contributed by atoms with van der Waals surface area (Å²) in [6, 6.07) is 4.33. The second kappa shape index (κ2) is 5.38. The van der Waals surface area contributed by atoms with Gasteiger partial charge in [-0.2, -0.15) is 0 Å². The summed E-state index contributed by atoms with van der Waals surface area (Å²) >= 11 is 4.20. The number of carbonyl (C=O) groups excluding carboxylic acids is 1. The van der Waals surface area contributed by atoms with Crippen LogP contribution in [0.2, 0.25) is 0 Å². The topological polar surface area (TPSA) is 80.9 Å². The van der Waals surface area contributed by atoms with Crippen LogP contribution >= 0.6 is 27.3 Å². The highest BCUT2D eigenvalue weighted by atomic mass is 79.9. The molecule has 3 aromatic rings. The monoisotopic (exact) mass is 366 g/mol.